The molecule has 1 aromatic carbocycles. The third kappa shape index (κ3) is 5.64. The van der Waals surface area contributed by atoms with Gasteiger partial charge in [-0.1, -0.05) is 0 Å². The Balaban J connectivity index is 3.01. The summed E-state index contributed by atoms with van der Waals surface area (Å²) in [6.45, 7) is 1.82. The number of carbonyl (C=O) groups excluding carboxylic acids is 1. The van der Waals surface area contributed by atoms with Gasteiger partial charge in [-0.05, 0) is 32.9 Å². The summed E-state index contributed by atoms with van der Waals surface area (Å²) in [5, 5.41) is 11.2. The van der Waals surface area contributed by atoms with E-state index in [2.05, 4.69) is 10.1 Å². The van der Waals surface area contributed by atoms with Gasteiger partial charge in [0, 0.05) is 6.07 Å². The van der Waals surface area contributed by atoms with Gasteiger partial charge in [0.2, 0.25) is 0 Å². The number of aromatic carboxylic acids is 1. The Morgan fingerprint density at radius 3 is 2.38 bits per heavy atom. The Kier molecular flexibility index (Phi) is 5.07. The number of amides is 1. The summed E-state index contributed by atoms with van der Waals surface area (Å²) in [4.78, 5) is 22.7. The van der Waals surface area contributed by atoms with E-state index in [9.17, 15) is 18.4 Å². The summed E-state index contributed by atoms with van der Waals surface area (Å²) >= 11 is 0. The number of hydrogen-bond donors (Lipinski definition) is 2. The van der Waals surface area contributed by atoms with Gasteiger partial charge in [0.25, 0.3) is 0 Å². The van der Waals surface area contributed by atoms with Crippen LogP contribution in [0, 0.1) is 0 Å². The van der Waals surface area contributed by atoms with Crippen molar-refractivity contribution in [2.24, 2.45) is 0 Å². The monoisotopic (exact) mass is 303 g/mol. The number of anilines is 1. The van der Waals surface area contributed by atoms with Crippen LogP contribution in [0.3, 0.4) is 0 Å². The Morgan fingerprint density at radius 1 is 1.29 bits per heavy atom. The predicted octanol–water partition coefficient (Wildman–Crippen LogP) is 3.33. The zero-order valence-electron chi connectivity index (χ0n) is 11.6. The molecule has 6 nitrogen and oxygen atoms in total. The number of carboxylic acids is 1. The van der Waals surface area contributed by atoms with Gasteiger partial charge in [-0.15, -0.1) is 0 Å². The molecule has 0 saturated carbocycles. The molecule has 1 amide bonds. The lowest BCUT2D eigenvalue weighted by atomic mass is 10.1. The molecule has 21 heavy (non-hydrogen) atoms. The van der Waals surface area contributed by atoms with Crippen molar-refractivity contribution in [3.05, 3.63) is 23.8 Å². The first-order valence-corrected chi connectivity index (χ1v) is 5.90. The molecule has 0 spiro atoms. The first-order valence-electron chi connectivity index (χ1n) is 5.90. The fourth-order valence-corrected chi connectivity index (χ4v) is 1.40. The van der Waals surface area contributed by atoms with Crippen LogP contribution in [-0.2, 0) is 4.74 Å². The molecule has 0 bridgehead atoms. The van der Waals surface area contributed by atoms with Gasteiger partial charge in [-0.25, -0.2) is 9.59 Å². The lowest BCUT2D eigenvalue weighted by molar-refractivity contribution is -0.0498. The zero-order valence-corrected chi connectivity index (χ0v) is 11.6. The molecule has 0 aromatic heterocycles. The molecular formula is C13H15F2NO5. The predicted molar refractivity (Wildman–Crippen MR) is 69.9 cm³/mol. The Hall–Kier alpha value is -2.38. The molecule has 0 fully saturated rings. The van der Waals surface area contributed by atoms with Crippen LogP contribution in [0.1, 0.15) is 31.1 Å². The second-order valence-electron chi connectivity index (χ2n) is 5.02. The lowest BCUT2D eigenvalue weighted by Crippen LogP contribution is -2.27. The average Bonchev–Trinajstić information content (AvgIpc) is 2.24. The number of ether oxygens (including phenoxy) is 2. The molecule has 1 rings (SSSR count). The number of rotatable bonds is 4. The van der Waals surface area contributed by atoms with Gasteiger partial charge in [0.1, 0.15) is 11.4 Å². The molecule has 1 aromatic rings. The first-order chi connectivity index (χ1) is 9.58. The van der Waals surface area contributed by atoms with E-state index in [1.165, 1.54) is 0 Å². The number of carboxylic acid groups (broad SMARTS) is 1. The van der Waals surface area contributed by atoms with Gasteiger partial charge in [0.15, 0.2) is 0 Å². The summed E-state index contributed by atoms with van der Waals surface area (Å²) in [5.74, 6) is -1.61. The van der Waals surface area contributed by atoms with Crippen LogP contribution in [-0.4, -0.2) is 29.4 Å². The van der Waals surface area contributed by atoms with Crippen LogP contribution in [0.2, 0.25) is 0 Å². The van der Waals surface area contributed by atoms with Crippen molar-refractivity contribution in [1.82, 2.24) is 0 Å². The highest BCUT2D eigenvalue weighted by Crippen LogP contribution is 2.24. The molecule has 0 atom stereocenters. The largest absolute Gasteiger partial charge is 0.478 e. The van der Waals surface area contributed by atoms with E-state index in [0.29, 0.717) is 0 Å². The lowest BCUT2D eigenvalue weighted by Gasteiger charge is -2.20. The summed E-state index contributed by atoms with van der Waals surface area (Å²) in [7, 11) is 0. The summed E-state index contributed by atoms with van der Waals surface area (Å²) < 4.78 is 33.4. The molecule has 116 valence electrons. The molecule has 0 saturated heterocycles. The van der Waals surface area contributed by atoms with Crippen LogP contribution in [0.4, 0.5) is 19.3 Å². The molecule has 0 aliphatic heterocycles. The normalized spacial score (nSPS) is 11.1. The van der Waals surface area contributed by atoms with Gasteiger partial charge >= 0.3 is 18.7 Å². The van der Waals surface area contributed by atoms with Crippen LogP contribution in [0.5, 0.6) is 5.75 Å². The standard InChI is InChI=1S/C13H15F2NO5/c1-13(2,3)21-12(19)16-9-6-7(20-11(14)15)4-5-8(9)10(17)18/h4-6,11H,1-3H3,(H,16,19)(H,17,18). The second-order valence-corrected chi connectivity index (χ2v) is 5.02. The Morgan fingerprint density at radius 2 is 1.90 bits per heavy atom. The van der Waals surface area contributed by atoms with Crippen molar-refractivity contribution in [2.75, 3.05) is 5.32 Å². The quantitative estimate of drug-likeness (QED) is 0.891. The zero-order chi connectivity index (χ0) is 16.2. The topological polar surface area (TPSA) is 84.9 Å². The van der Waals surface area contributed by atoms with E-state index in [1.54, 1.807) is 20.8 Å². The number of benzene rings is 1. The third-order valence-electron chi connectivity index (χ3n) is 2.08. The van der Waals surface area contributed by atoms with Gasteiger partial charge in [0.05, 0.1) is 11.3 Å². The molecule has 2 N–H and O–H groups in total. The summed E-state index contributed by atoms with van der Waals surface area (Å²) in [5.41, 5.74) is -1.26. The number of alkyl halides is 2. The van der Waals surface area contributed by atoms with Crippen molar-refractivity contribution in [2.45, 2.75) is 33.0 Å². The molecular weight excluding hydrogens is 288 g/mol. The van der Waals surface area contributed by atoms with Crippen LogP contribution in [0.15, 0.2) is 18.2 Å². The SMILES string of the molecule is CC(C)(C)OC(=O)Nc1cc(OC(F)F)ccc1C(=O)O. The Bertz CT molecular complexity index is 540. The summed E-state index contributed by atoms with van der Waals surface area (Å²) in [6.07, 6.45) is -0.904. The van der Waals surface area contributed by atoms with Crippen molar-refractivity contribution >= 4 is 17.7 Å². The first kappa shape index (κ1) is 16.7. The average molecular weight is 303 g/mol. The molecule has 8 heteroatoms. The fraction of sp³-hybridized carbons (Fsp3) is 0.385. The van der Waals surface area contributed by atoms with E-state index in [4.69, 9.17) is 9.84 Å². The number of carbonyl (C=O) groups is 2. The van der Waals surface area contributed by atoms with Gasteiger partial charge < -0.3 is 14.6 Å². The van der Waals surface area contributed by atoms with E-state index in [1.807, 2.05) is 0 Å². The molecule has 0 unspecified atom stereocenters. The maximum Gasteiger partial charge on any atom is 0.412 e. The number of nitrogens with one attached hydrogen (secondary N) is 1. The second kappa shape index (κ2) is 6.38. The minimum absolute atomic E-state index is 0.199. The minimum Gasteiger partial charge on any atom is -0.478 e. The maximum atomic E-state index is 12.1. The number of hydrogen-bond acceptors (Lipinski definition) is 4. The van der Waals surface area contributed by atoms with Crippen molar-refractivity contribution in [3.63, 3.8) is 0 Å². The molecule has 0 aliphatic carbocycles. The third-order valence-corrected chi connectivity index (χ3v) is 2.08. The highest BCUT2D eigenvalue weighted by Gasteiger charge is 2.19. The van der Waals surface area contributed by atoms with E-state index in [-0.39, 0.29) is 17.0 Å². The number of halogens is 2. The van der Waals surface area contributed by atoms with Crippen LogP contribution in [0.25, 0.3) is 0 Å². The Labute approximate surface area is 119 Å². The molecule has 0 heterocycles. The van der Waals surface area contributed by atoms with Crippen LogP contribution < -0.4 is 10.1 Å². The summed E-state index contributed by atoms with van der Waals surface area (Å²) in [6, 6.07) is 3.10. The maximum absolute atomic E-state index is 12.1. The van der Waals surface area contributed by atoms with Crippen LogP contribution >= 0.6 is 0 Å². The van der Waals surface area contributed by atoms with E-state index in [0.717, 1.165) is 18.2 Å². The van der Waals surface area contributed by atoms with Gasteiger partial charge in [-0.3, -0.25) is 5.32 Å². The highest BCUT2D eigenvalue weighted by molar-refractivity contribution is 5.99. The van der Waals surface area contributed by atoms with Crippen molar-refractivity contribution in [1.29, 1.82) is 0 Å². The fourth-order valence-electron chi connectivity index (χ4n) is 1.40. The molecule has 0 aliphatic rings. The minimum atomic E-state index is -3.06. The van der Waals surface area contributed by atoms with E-state index < -0.39 is 24.3 Å². The highest BCUT2D eigenvalue weighted by atomic mass is 19.3. The molecule has 0 radical (unpaired) electrons. The van der Waals surface area contributed by atoms with Crippen molar-refractivity contribution in [3.8, 4) is 5.75 Å². The smallest absolute Gasteiger partial charge is 0.412 e. The van der Waals surface area contributed by atoms with Gasteiger partial charge in [-0.2, -0.15) is 8.78 Å². The van der Waals surface area contributed by atoms with Crippen molar-refractivity contribution < 1.29 is 33.0 Å². The van der Waals surface area contributed by atoms with E-state index >= 15 is 0 Å².